The first-order chi connectivity index (χ1) is 13.0. The third-order valence-corrected chi connectivity index (χ3v) is 5.36. The summed E-state index contributed by atoms with van der Waals surface area (Å²) < 4.78 is 10.6. The van der Waals surface area contributed by atoms with Gasteiger partial charge < -0.3 is 14.6 Å². The van der Waals surface area contributed by atoms with Gasteiger partial charge in [0.05, 0.1) is 12.7 Å². The Kier molecular flexibility index (Phi) is 8.25. The van der Waals surface area contributed by atoms with Gasteiger partial charge in [-0.15, -0.1) is 0 Å². The number of ether oxygens (including phenoxy) is 2. The minimum absolute atomic E-state index is 0.0970. The number of esters is 2. The number of methoxy groups -OCH3 is 1. The van der Waals surface area contributed by atoms with Crippen LogP contribution in [0.2, 0.25) is 0 Å². The summed E-state index contributed by atoms with van der Waals surface area (Å²) in [6.07, 6.45) is 3.93. The van der Waals surface area contributed by atoms with E-state index < -0.39 is 12.0 Å². The number of carbonyl (C=O) groups excluding carboxylic acids is 2. The molecule has 6 nitrogen and oxygen atoms in total. The van der Waals surface area contributed by atoms with Crippen LogP contribution in [-0.2, 0) is 14.3 Å². The maximum absolute atomic E-state index is 12.3. The number of carbonyl (C=O) groups is 2. The molecule has 6 heteroatoms. The lowest BCUT2D eigenvalue weighted by Gasteiger charge is -2.40. The number of piperidine rings is 1. The molecule has 2 heterocycles. The van der Waals surface area contributed by atoms with Crippen molar-refractivity contribution >= 4 is 11.9 Å². The van der Waals surface area contributed by atoms with Crippen LogP contribution < -0.4 is 0 Å². The summed E-state index contributed by atoms with van der Waals surface area (Å²) in [7, 11) is 3.42. The molecule has 0 spiro atoms. The number of hydrogen-bond donors (Lipinski definition) is 1. The quantitative estimate of drug-likeness (QED) is 0.796. The minimum Gasteiger partial charge on any atom is -0.469 e. The summed E-state index contributed by atoms with van der Waals surface area (Å²) in [4.78, 5) is 26.7. The van der Waals surface area contributed by atoms with Crippen LogP contribution >= 0.6 is 0 Å². The number of rotatable bonds is 5. The maximum Gasteiger partial charge on any atom is 0.338 e. The Bertz CT molecular complexity index is 604. The minimum atomic E-state index is -0.408. The zero-order valence-electron chi connectivity index (χ0n) is 16.2. The molecular formula is C21H30NO5. The molecule has 27 heavy (non-hydrogen) atoms. The van der Waals surface area contributed by atoms with E-state index in [-0.39, 0.29) is 24.6 Å². The van der Waals surface area contributed by atoms with Gasteiger partial charge in [-0.25, -0.2) is 4.79 Å². The van der Waals surface area contributed by atoms with E-state index in [2.05, 4.69) is 11.8 Å². The van der Waals surface area contributed by atoms with E-state index in [0.717, 1.165) is 25.7 Å². The number of hydrogen-bond acceptors (Lipinski definition) is 6. The summed E-state index contributed by atoms with van der Waals surface area (Å²) >= 11 is 0. The van der Waals surface area contributed by atoms with Crippen molar-refractivity contribution in [2.75, 3.05) is 20.8 Å². The van der Waals surface area contributed by atoms with E-state index in [1.165, 1.54) is 7.11 Å². The van der Waals surface area contributed by atoms with Gasteiger partial charge in [0, 0.05) is 25.1 Å². The zero-order chi connectivity index (χ0) is 19.8. The molecule has 0 saturated carbocycles. The Balaban J connectivity index is 0.000000465. The highest BCUT2D eigenvalue weighted by atomic mass is 16.6. The largest absolute Gasteiger partial charge is 0.469 e. The van der Waals surface area contributed by atoms with Crippen molar-refractivity contribution in [3.05, 3.63) is 42.8 Å². The molecule has 2 aliphatic rings. The Morgan fingerprint density at radius 2 is 1.96 bits per heavy atom. The van der Waals surface area contributed by atoms with Crippen LogP contribution in [0.25, 0.3) is 0 Å². The fraction of sp³-hybridized carbons (Fsp3) is 0.571. The molecule has 1 aromatic carbocycles. The van der Waals surface area contributed by atoms with Crippen molar-refractivity contribution < 1.29 is 24.2 Å². The van der Waals surface area contributed by atoms with Crippen molar-refractivity contribution in [3.8, 4) is 0 Å². The van der Waals surface area contributed by atoms with Gasteiger partial charge in [-0.3, -0.25) is 9.69 Å². The molecule has 149 valence electrons. The second-order valence-corrected chi connectivity index (χ2v) is 6.99. The normalized spacial score (nSPS) is 26.7. The van der Waals surface area contributed by atoms with E-state index in [4.69, 9.17) is 14.6 Å². The highest BCUT2D eigenvalue weighted by Gasteiger charge is 2.50. The van der Waals surface area contributed by atoms with Gasteiger partial charge in [-0.2, -0.15) is 0 Å². The average Bonchev–Trinajstić information content (AvgIpc) is 2.92. The first-order valence-corrected chi connectivity index (χ1v) is 9.49. The Labute approximate surface area is 161 Å². The summed E-state index contributed by atoms with van der Waals surface area (Å²) in [5, 5.41) is 8.03. The lowest BCUT2D eigenvalue weighted by Crippen LogP contribution is -2.53. The van der Waals surface area contributed by atoms with Crippen molar-refractivity contribution in [2.45, 2.75) is 50.3 Å². The number of aliphatic hydroxyl groups excluding tert-OH is 1. The standard InChI is InChI=1S/C17H21NO4.C4H9O/c1-18-12-8-9-13(18)15(17(20)21-2)14(10-12)22-16(19)11-6-4-3-5-7-11;1-2-3-4-5/h3-7,12-15H,8-10H2,1-2H3;5H,1-4H2/t12?,13?,14-,15+;/m0./s1. The van der Waals surface area contributed by atoms with Crippen molar-refractivity contribution in [1.29, 1.82) is 0 Å². The third-order valence-electron chi connectivity index (χ3n) is 5.36. The Morgan fingerprint density at radius 1 is 1.26 bits per heavy atom. The fourth-order valence-corrected chi connectivity index (χ4v) is 3.88. The summed E-state index contributed by atoms with van der Waals surface area (Å²) in [5.74, 6) is -1.06. The predicted molar refractivity (Wildman–Crippen MR) is 102 cm³/mol. The number of fused-ring (bicyclic) bond motifs is 2. The maximum atomic E-state index is 12.3. The molecule has 2 unspecified atom stereocenters. The molecular weight excluding hydrogens is 346 g/mol. The van der Waals surface area contributed by atoms with Crippen LogP contribution in [0.4, 0.5) is 0 Å². The molecule has 4 atom stereocenters. The molecule has 2 saturated heterocycles. The molecule has 3 rings (SSSR count). The Hall–Kier alpha value is -1.92. The molecule has 1 radical (unpaired) electrons. The molecule has 1 N–H and O–H groups in total. The van der Waals surface area contributed by atoms with Crippen LogP contribution in [-0.4, -0.2) is 60.9 Å². The number of unbranched alkanes of at least 4 members (excludes halogenated alkanes) is 1. The first-order valence-electron chi connectivity index (χ1n) is 9.49. The molecule has 2 fully saturated rings. The SMILES string of the molecule is COC(=O)[C@@H]1C2CCC(C[C@@H]1OC(=O)c1ccccc1)N2C.[CH2]CCCO. The lowest BCUT2D eigenvalue weighted by molar-refractivity contribution is -0.156. The van der Waals surface area contributed by atoms with Crippen molar-refractivity contribution in [1.82, 2.24) is 4.90 Å². The molecule has 0 aromatic heterocycles. The third kappa shape index (κ3) is 5.30. The fourth-order valence-electron chi connectivity index (χ4n) is 3.88. The molecule has 0 aliphatic carbocycles. The topological polar surface area (TPSA) is 76.1 Å². The van der Waals surface area contributed by atoms with Crippen molar-refractivity contribution in [3.63, 3.8) is 0 Å². The predicted octanol–water partition coefficient (Wildman–Crippen LogP) is 2.46. The van der Waals surface area contributed by atoms with Gasteiger partial charge in [0.1, 0.15) is 12.0 Å². The second kappa shape index (κ2) is 10.4. The van der Waals surface area contributed by atoms with Crippen molar-refractivity contribution in [2.24, 2.45) is 5.92 Å². The molecule has 2 bridgehead atoms. The van der Waals surface area contributed by atoms with E-state index in [1.807, 2.05) is 13.1 Å². The highest BCUT2D eigenvalue weighted by molar-refractivity contribution is 5.89. The second-order valence-electron chi connectivity index (χ2n) is 6.99. The van der Waals surface area contributed by atoms with Crippen LogP contribution in [0.5, 0.6) is 0 Å². The van der Waals surface area contributed by atoms with Crippen LogP contribution in [0.1, 0.15) is 42.5 Å². The van der Waals surface area contributed by atoms with E-state index in [0.29, 0.717) is 18.0 Å². The van der Waals surface area contributed by atoms with Gasteiger partial charge in [-0.05, 0) is 38.4 Å². The van der Waals surface area contributed by atoms with Crippen LogP contribution in [0.3, 0.4) is 0 Å². The number of aliphatic hydroxyl groups is 1. The zero-order valence-corrected chi connectivity index (χ0v) is 16.2. The monoisotopic (exact) mass is 376 g/mol. The van der Waals surface area contributed by atoms with Gasteiger partial charge in [0.15, 0.2) is 0 Å². The number of benzene rings is 1. The van der Waals surface area contributed by atoms with Gasteiger partial charge >= 0.3 is 11.9 Å². The van der Waals surface area contributed by atoms with Gasteiger partial charge in [0.25, 0.3) is 0 Å². The van der Waals surface area contributed by atoms with Crippen LogP contribution in [0.15, 0.2) is 30.3 Å². The van der Waals surface area contributed by atoms with Crippen LogP contribution in [0, 0.1) is 12.8 Å². The smallest absolute Gasteiger partial charge is 0.338 e. The number of nitrogens with zero attached hydrogens (tertiary/aromatic N) is 1. The molecule has 1 aromatic rings. The van der Waals surface area contributed by atoms with Gasteiger partial charge in [-0.1, -0.05) is 31.5 Å². The average molecular weight is 376 g/mol. The summed E-state index contributed by atoms with van der Waals surface area (Å²) in [6.45, 7) is 3.80. The molecule has 2 aliphatic heterocycles. The lowest BCUT2D eigenvalue weighted by atomic mass is 9.87. The van der Waals surface area contributed by atoms with E-state index in [1.54, 1.807) is 24.3 Å². The van der Waals surface area contributed by atoms with E-state index >= 15 is 0 Å². The van der Waals surface area contributed by atoms with E-state index in [9.17, 15) is 9.59 Å². The summed E-state index contributed by atoms with van der Waals surface area (Å²) in [6, 6.07) is 9.36. The highest BCUT2D eigenvalue weighted by Crippen LogP contribution is 2.40. The first kappa shape index (κ1) is 21.4. The Morgan fingerprint density at radius 3 is 2.52 bits per heavy atom. The van der Waals surface area contributed by atoms with Gasteiger partial charge in [0.2, 0.25) is 0 Å². The summed E-state index contributed by atoms with van der Waals surface area (Å²) in [5.41, 5.74) is 0.511. The molecule has 0 amide bonds.